The second kappa shape index (κ2) is 10.2. The van der Waals surface area contributed by atoms with Crippen molar-refractivity contribution in [3.05, 3.63) is 58.6 Å². The maximum Gasteiger partial charge on any atom is 0.231 e. The maximum absolute atomic E-state index is 13.5. The molecule has 0 radical (unpaired) electrons. The first-order valence-electron chi connectivity index (χ1n) is 10.5. The number of carbonyl (C=O) groups is 1. The van der Waals surface area contributed by atoms with E-state index in [9.17, 15) is 4.79 Å². The molecule has 1 saturated heterocycles. The summed E-state index contributed by atoms with van der Waals surface area (Å²) in [5, 5.41) is 3.81. The van der Waals surface area contributed by atoms with Crippen LogP contribution in [0.25, 0.3) is 0 Å². The highest BCUT2D eigenvalue weighted by atomic mass is 35.5. The number of hydrogen-bond donors (Lipinski definition) is 1. The molecule has 0 bridgehead atoms. The van der Waals surface area contributed by atoms with Crippen LogP contribution in [0.1, 0.15) is 50.3 Å². The van der Waals surface area contributed by atoms with Crippen LogP contribution in [0, 0.1) is 0 Å². The molecule has 1 heterocycles. The van der Waals surface area contributed by atoms with Gasteiger partial charge in [-0.15, -0.1) is 0 Å². The summed E-state index contributed by atoms with van der Waals surface area (Å²) in [6.45, 7) is 5.72. The molecule has 1 amide bonds. The van der Waals surface area contributed by atoms with Gasteiger partial charge in [0.1, 0.15) is 0 Å². The second-order valence-corrected chi connectivity index (χ2v) is 8.04. The van der Waals surface area contributed by atoms with Gasteiger partial charge in [-0.3, -0.25) is 4.79 Å². The molecule has 1 aliphatic rings. The summed E-state index contributed by atoms with van der Waals surface area (Å²) < 4.78 is 16.8. The number of methoxy groups -OCH3 is 1. The van der Waals surface area contributed by atoms with Crippen LogP contribution in [-0.2, 0) is 14.9 Å². The van der Waals surface area contributed by atoms with Gasteiger partial charge in [-0.05, 0) is 55.5 Å². The second-order valence-electron chi connectivity index (χ2n) is 7.63. The van der Waals surface area contributed by atoms with E-state index < -0.39 is 5.41 Å². The van der Waals surface area contributed by atoms with Gasteiger partial charge < -0.3 is 19.5 Å². The third-order valence-corrected chi connectivity index (χ3v) is 6.00. The van der Waals surface area contributed by atoms with Crippen molar-refractivity contribution in [2.24, 2.45) is 0 Å². The number of benzene rings is 2. The van der Waals surface area contributed by atoms with E-state index >= 15 is 0 Å². The topological polar surface area (TPSA) is 56.8 Å². The fourth-order valence-corrected chi connectivity index (χ4v) is 4.21. The van der Waals surface area contributed by atoms with Crippen molar-refractivity contribution >= 4 is 17.5 Å². The van der Waals surface area contributed by atoms with Gasteiger partial charge in [-0.1, -0.05) is 42.8 Å². The first-order valence-corrected chi connectivity index (χ1v) is 10.8. The van der Waals surface area contributed by atoms with E-state index in [1.165, 1.54) is 0 Å². The largest absolute Gasteiger partial charge is 0.493 e. The highest BCUT2D eigenvalue weighted by Crippen LogP contribution is 2.39. The molecule has 3 rings (SSSR count). The summed E-state index contributed by atoms with van der Waals surface area (Å²) >= 11 is 6.49. The lowest BCUT2D eigenvalue weighted by molar-refractivity contribution is -0.131. The number of carbonyl (C=O) groups excluding carboxylic acids is 1. The maximum atomic E-state index is 13.5. The molecule has 0 aromatic heterocycles. The highest BCUT2D eigenvalue weighted by Gasteiger charge is 2.43. The summed E-state index contributed by atoms with van der Waals surface area (Å²) in [5.41, 5.74) is 1.12. The lowest BCUT2D eigenvalue weighted by Crippen LogP contribution is -2.48. The minimum atomic E-state index is -0.695. The normalized spacial score (nSPS) is 16.5. The number of amides is 1. The summed E-state index contributed by atoms with van der Waals surface area (Å²) in [6, 6.07) is 13.2. The smallest absolute Gasteiger partial charge is 0.231 e. The molecule has 1 unspecified atom stereocenters. The van der Waals surface area contributed by atoms with Crippen LogP contribution in [0.2, 0.25) is 5.02 Å². The predicted molar refractivity (Wildman–Crippen MR) is 119 cm³/mol. The van der Waals surface area contributed by atoms with Gasteiger partial charge in [0.15, 0.2) is 11.5 Å². The third-order valence-electron chi connectivity index (χ3n) is 5.67. The van der Waals surface area contributed by atoms with Gasteiger partial charge in [-0.25, -0.2) is 0 Å². The van der Waals surface area contributed by atoms with E-state index in [1.807, 2.05) is 49.4 Å². The first kappa shape index (κ1) is 22.4. The average molecular weight is 432 g/mol. The quantitative estimate of drug-likeness (QED) is 0.634. The molecule has 162 valence electrons. The Kier molecular flexibility index (Phi) is 7.62. The summed E-state index contributed by atoms with van der Waals surface area (Å²) in [4.78, 5) is 13.5. The molecule has 0 saturated carbocycles. The summed E-state index contributed by atoms with van der Waals surface area (Å²) in [7, 11) is 1.62. The predicted octanol–water partition coefficient (Wildman–Crippen LogP) is 5.06. The van der Waals surface area contributed by atoms with Crippen LogP contribution in [-0.4, -0.2) is 32.8 Å². The lowest BCUT2D eigenvalue weighted by Gasteiger charge is -2.37. The third kappa shape index (κ3) is 4.73. The summed E-state index contributed by atoms with van der Waals surface area (Å²) in [6.07, 6.45) is 2.12. The van der Waals surface area contributed by atoms with E-state index in [0.29, 0.717) is 49.2 Å². The molecule has 2 aromatic rings. The Morgan fingerprint density at radius 3 is 2.60 bits per heavy atom. The van der Waals surface area contributed by atoms with Gasteiger partial charge >= 0.3 is 0 Å². The molecule has 6 heteroatoms. The van der Waals surface area contributed by atoms with Crippen molar-refractivity contribution in [1.29, 1.82) is 0 Å². The zero-order valence-electron chi connectivity index (χ0n) is 17.9. The molecule has 0 aliphatic carbocycles. The Hall–Kier alpha value is -2.24. The van der Waals surface area contributed by atoms with Crippen LogP contribution in [0.15, 0.2) is 42.5 Å². The van der Waals surface area contributed by atoms with Gasteiger partial charge in [-0.2, -0.15) is 0 Å². The Balaban J connectivity index is 1.83. The van der Waals surface area contributed by atoms with Crippen molar-refractivity contribution in [1.82, 2.24) is 5.32 Å². The number of ether oxygens (including phenoxy) is 3. The fraction of sp³-hybridized carbons (Fsp3) is 0.458. The number of nitrogens with one attached hydrogen (secondary N) is 1. The van der Waals surface area contributed by atoms with Crippen molar-refractivity contribution in [2.75, 3.05) is 26.9 Å². The van der Waals surface area contributed by atoms with E-state index in [4.69, 9.17) is 25.8 Å². The average Bonchev–Trinajstić information content (AvgIpc) is 2.78. The van der Waals surface area contributed by atoms with Crippen LogP contribution >= 0.6 is 11.6 Å². The van der Waals surface area contributed by atoms with Crippen LogP contribution < -0.4 is 14.8 Å². The SMILES string of the molecule is CCCOc1ccc(C(C)NC(=O)C2(c3ccccc3Cl)CCOCC2)cc1OC. The number of rotatable bonds is 8. The van der Waals surface area contributed by atoms with Gasteiger partial charge in [0.25, 0.3) is 0 Å². The molecule has 1 N–H and O–H groups in total. The van der Waals surface area contributed by atoms with Crippen LogP contribution in [0.3, 0.4) is 0 Å². The Labute approximate surface area is 183 Å². The molecule has 1 aliphatic heterocycles. The van der Waals surface area contributed by atoms with Crippen molar-refractivity contribution in [3.8, 4) is 11.5 Å². The first-order chi connectivity index (χ1) is 14.5. The Bertz CT molecular complexity index is 864. The minimum absolute atomic E-state index is 0.0309. The van der Waals surface area contributed by atoms with Gasteiger partial charge in [0.2, 0.25) is 5.91 Å². The van der Waals surface area contributed by atoms with Crippen molar-refractivity contribution in [3.63, 3.8) is 0 Å². The van der Waals surface area contributed by atoms with E-state index in [2.05, 4.69) is 12.2 Å². The Morgan fingerprint density at radius 2 is 1.93 bits per heavy atom. The zero-order chi connectivity index (χ0) is 21.6. The molecule has 5 nitrogen and oxygen atoms in total. The number of halogens is 1. The van der Waals surface area contributed by atoms with Crippen molar-refractivity contribution in [2.45, 2.75) is 44.6 Å². The molecule has 30 heavy (non-hydrogen) atoms. The molecular formula is C24H30ClNO4. The zero-order valence-corrected chi connectivity index (χ0v) is 18.6. The molecule has 1 fully saturated rings. The van der Waals surface area contributed by atoms with Crippen LogP contribution in [0.5, 0.6) is 11.5 Å². The van der Waals surface area contributed by atoms with E-state index in [-0.39, 0.29) is 11.9 Å². The molecule has 2 aromatic carbocycles. The van der Waals surface area contributed by atoms with Crippen molar-refractivity contribution < 1.29 is 19.0 Å². The lowest BCUT2D eigenvalue weighted by atomic mass is 9.73. The number of hydrogen-bond acceptors (Lipinski definition) is 4. The standard InChI is InChI=1S/C24H30ClNO4/c1-4-13-30-21-10-9-18(16-22(21)28-3)17(2)26-23(27)24(11-14-29-15-12-24)19-7-5-6-8-20(19)25/h5-10,16-17H,4,11-15H2,1-3H3,(H,26,27). The highest BCUT2D eigenvalue weighted by molar-refractivity contribution is 6.31. The van der Waals surface area contributed by atoms with Gasteiger partial charge in [0, 0.05) is 18.2 Å². The van der Waals surface area contributed by atoms with Gasteiger partial charge in [0.05, 0.1) is 25.2 Å². The molecular weight excluding hydrogens is 402 g/mol. The summed E-state index contributed by atoms with van der Waals surface area (Å²) in [5.74, 6) is 1.34. The van der Waals surface area contributed by atoms with Crippen LogP contribution in [0.4, 0.5) is 0 Å². The molecule has 1 atom stereocenters. The van der Waals surface area contributed by atoms with E-state index in [0.717, 1.165) is 17.5 Å². The minimum Gasteiger partial charge on any atom is -0.493 e. The fourth-order valence-electron chi connectivity index (χ4n) is 3.89. The van der Waals surface area contributed by atoms with E-state index in [1.54, 1.807) is 7.11 Å². The Morgan fingerprint density at radius 1 is 1.20 bits per heavy atom. The molecule has 0 spiro atoms. The monoisotopic (exact) mass is 431 g/mol.